The van der Waals surface area contributed by atoms with Gasteiger partial charge in [0.2, 0.25) is 0 Å². The molecule has 2 aliphatic rings. The van der Waals surface area contributed by atoms with Gasteiger partial charge in [0.25, 0.3) is 0 Å². The van der Waals surface area contributed by atoms with Crippen LogP contribution in [-0.4, -0.2) is 6.29 Å². The van der Waals surface area contributed by atoms with Gasteiger partial charge in [0.1, 0.15) is 6.29 Å². The summed E-state index contributed by atoms with van der Waals surface area (Å²) in [5.74, 6) is 0. The molecule has 0 amide bonds. The molecule has 0 unspecified atom stereocenters. The summed E-state index contributed by atoms with van der Waals surface area (Å²) in [6.07, 6.45) is 17.9. The molecular weight excluding hydrogens is 340 g/mol. The Kier molecular flexibility index (Phi) is 10.9. The number of hydrogen-bond acceptors (Lipinski definition) is 1. The largest absolute Gasteiger partial charge is 0.298 e. The second-order valence-electron chi connectivity index (χ2n) is 6.61. The molecule has 0 spiro atoms. The summed E-state index contributed by atoms with van der Waals surface area (Å²) < 4.78 is 0. The highest BCUT2D eigenvalue weighted by Crippen LogP contribution is 2.34. The number of fused-ring (bicyclic) bond motifs is 1. The van der Waals surface area contributed by atoms with Crippen LogP contribution in [0.3, 0.4) is 0 Å². The van der Waals surface area contributed by atoms with Crippen molar-refractivity contribution in [1.82, 2.24) is 0 Å². The summed E-state index contributed by atoms with van der Waals surface area (Å²) in [4.78, 5) is 11.5. The zero-order chi connectivity index (χ0) is 20.9. The summed E-state index contributed by atoms with van der Waals surface area (Å²) in [5.41, 5.74) is 8.59. The number of aryl methyl sites for hydroxylation is 2. The second-order valence-corrected chi connectivity index (χ2v) is 6.61. The Morgan fingerprint density at radius 1 is 1.00 bits per heavy atom. The van der Waals surface area contributed by atoms with Crippen LogP contribution in [0.1, 0.15) is 70.6 Å². The Bertz CT molecular complexity index is 798. The minimum Gasteiger partial charge on any atom is -0.298 e. The van der Waals surface area contributed by atoms with Crippen LogP contribution in [0.5, 0.6) is 0 Å². The molecule has 1 aromatic carbocycles. The molecule has 0 saturated carbocycles. The summed E-state index contributed by atoms with van der Waals surface area (Å²) >= 11 is 0. The van der Waals surface area contributed by atoms with E-state index in [0.717, 1.165) is 43.1 Å². The highest BCUT2D eigenvalue weighted by atomic mass is 16.1. The first-order chi connectivity index (χ1) is 13.7. The topological polar surface area (TPSA) is 17.1 Å². The zero-order valence-electron chi connectivity index (χ0n) is 18.5. The molecule has 1 nitrogen and oxygen atoms in total. The standard InChI is InChI=1S/C23H24O.2C2H6/c1-17-6-3-8-19(13-12-17)9-5-11-22-21(16-24)15-14-20-10-4-7-18(2)23(20)22;2*1-2/h3-7,10-13,16H,8-9,14-15H2,1-2H3;2*1-2H3/b11-5-;;. The van der Waals surface area contributed by atoms with Gasteiger partial charge in [-0.25, -0.2) is 0 Å². The third-order valence-corrected chi connectivity index (χ3v) is 4.79. The van der Waals surface area contributed by atoms with Crippen LogP contribution < -0.4 is 0 Å². The number of carbonyl (C=O) groups excluding carboxylic acids is 1. The van der Waals surface area contributed by atoms with Crippen molar-refractivity contribution < 1.29 is 4.79 Å². The van der Waals surface area contributed by atoms with Gasteiger partial charge in [0.15, 0.2) is 0 Å². The average Bonchev–Trinajstić information content (AvgIpc) is 2.95. The third kappa shape index (κ3) is 6.34. The van der Waals surface area contributed by atoms with Gasteiger partial charge >= 0.3 is 0 Å². The Hall–Kier alpha value is -2.41. The van der Waals surface area contributed by atoms with Crippen molar-refractivity contribution in [3.05, 3.63) is 88.1 Å². The van der Waals surface area contributed by atoms with Gasteiger partial charge in [-0.3, -0.25) is 4.79 Å². The fourth-order valence-electron chi connectivity index (χ4n) is 3.45. The van der Waals surface area contributed by atoms with E-state index in [2.05, 4.69) is 68.5 Å². The van der Waals surface area contributed by atoms with Crippen LogP contribution in [0.4, 0.5) is 0 Å². The van der Waals surface area contributed by atoms with Gasteiger partial charge in [-0.1, -0.05) is 93.5 Å². The molecular formula is C27H36O. The number of rotatable bonds is 4. The predicted octanol–water partition coefficient (Wildman–Crippen LogP) is 7.73. The van der Waals surface area contributed by atoms with Crippen molar-refractivity contribution in [2.45, 2.75) is 67.2 Å². The molecule has 0 bridgehead atoms. The van der Waals surface area contributed by atoms with Crippen molar-refractivity contribution in [2.75, 3.05) is 0 Å². The molecule has 28 heavy (non-hydrogen) atoms. The number of carbonyl (C=O) groups is 1. The molecule has 0 radical (unpaired) electrons. The monoisotopic (exact) mass is 376 g/mol. The molecule has 150 valence electrons. The van der Waals surface area contributed by atoms with Crippen molar-refractivity contribution in [2.24, 2.45) is 0 Å². The SMILES string of the molecule is CC.CC.CC1=CC=C(C/C=C\C2=C(C=O)CCc3cccc(C)c32)CC=C1. The van der Waals surface area contributed by atoms with Crippen LogP contribution >= 0.6 is 0 Å². The highest BCUT2D eigenvalue weighted by molar-refractivity contribution is 5.94. The van der Waals surface area contributed by atoms with Gasteiger partial charge in [-0.05, 0) is 61.8 Å². The third-order valence-electron chi connectivity index (χ3n) is 4.79. The van der Waals surface area contributed by atoms with Crippen molar-refractivity contribution in [3.63, 3.8) is 0 Å². The smallest absolute Gasteiger partial charge is 0.146 e. The lowest BCUT2D eigenvalue weighted by atomic mass is 9.83. The quantitative estimate of drug-likeness (QED) is 0.491. The molecule has 1 heteroatoms. The van der Waals surface area contributed by atoms with Crippen molar-refractivity contribution in [3.8, 4) is 0 Å². The molecule has 0 heterocycles. The highest BCUT2D eigenvalue weighted by Gasteiger charge is 2.18. The molecule has 0 N–H and O–H groups in total. The van der Waals surface area contributed by atoms with E-state index in [9.17, 15) is 4.79 Å². The maximum atomic E-state index is 11.5. The fourth-order valence-corrected chi connectivity index (χ4v) is 3.45. The van der Waals surface area contributed by atoms with E-state index in [1.165, 1.54) is 27.8 Å². The van der Waals surface area contributed by atoms with E-state index in [1.807, 2.05) is 27.7 Å². The van der Waals surface area contributed by atoms with E-state index in [1.54, 1.807) is 0 Å². The van der Waals surface area contributed by atoms with Crippen LogP contribution in [0.25, 0.3) is 5.57 Å². The van der Waals surface area contributed by atoms with Crippen molar-refractivity contribution in [1.29, 1.82) is 0 Å². The zero-order valence-corrected chi connectivity index (χ0v) is 18.5. The van der Waals surface area contributed by atoms with E-state index in [4.69, 9.17) is 0 Å². The normalized spacial score (nSPS) is 15.4. The molecule has 0 saturated heterocycles. The Balaban J connectivity index is 0.000000921. The second kappa shape index (κ2) is 12.9. The Morgan fingerprint density at radius 2 is 1.75 bits per heavy atom. The maximum absolute atomic E-state index is 11.5. The van der Waals surface area contributed by atoms with Crippen LogP contribution in [0.2, 0.25) is 0 Å². The Morgan fingerprint density at radius 3 is 2.46 bits per heavy atom. The predicted molar refractivity (Wildman–Crippen MR) is 125 cm³/mol. The molecule has 0 fully saturated rings. The van der Waals surface area contributed by atoms with E-state index < -0.39 is 0 Å². The lowest BCUT2D eigenvalue weighted by Crippen LogP contribution is -2.06. The molecule has 1 aromatic rings. The van der Waals surface area contributed by atoms with Gasteiger partial charge in [-0.15, -0.1) is 0 Å². The first-order valence-electron chi connectivity index (χ1n) is 10.7. The van der Waals surface area contributed by atoms with Crippen molar-refractivity contribution >= 4 is 11.9 Å². The van der Waals surface area contributed by atoms with Gasteiger partial charge in [0.05, 0.1) is 0 Å². The van der Waals surface area contributed by atoms with Gasteiger partial charge < -0.3 is 0 Å². The molecule has 0 atom stereocenters. The minimum absolute atomic E-state index is 0.840. The molecule has 2 aliphatic carbocycles. The van der Waals surface area contributed by atoms with Gasteiger partial charge in [-0.2, -0.15) is 0 Å². The number of benzene rings is 1. The molecule has 0 aliphatic heterocycles. The summed E-state index contributed by atoms with van der Waals surface area (Å²) in [7, 11) is 0. The maximum Gasteiger partial charge on any atom is 0.146 e. The number of allylic oxidation sites excluding steroid dienone is 10. The molecule has 3 rings (SSSR count). The fraction of sp³-hybridized carbons (Fsp3) is 0.370. The number of aldehydes is 1. The van der Waals surface area contributed by atoms with Gasteiger partial charge in [0, 0.05) is 5.57 Å². The number of hydrogen-bond donors (Lipinski definition) is 0. The molecule has 0 aromatic heterocycles. The first-order valence-corrected chi connectivity index (χ1v) is 10.7. The van der Waals surface area contributed by atoms with E-state index in [-0.39, 0.29) is 0 Å². The van der Waals surface area contributed by atoms with Crippen LogP contribution in [0, 0.1) is 6.92 Å². The summed E-state index contributed by atoms with van der Waals surface area (Å²) in [6, 6.07) is 6.43. The van der Waals surface area contributed by atoms with E-state index >= 15 is 0 Å². The summed E-state index contributed by atoms with van der Waals surface area (Å²) in [5, 5.41) is 0. The Labute approximate surface area is 172 Å². The minimum atomic E-state index is 0.840. The lowest BCUT2D eigenvalue weighted by molar-refractivity contribution is -0.105. The van der Waals surface area contributed by atoms with Crippen LogP contribution in [0.15, 0.2) is 71.4 Å². The summed E-state index contributed by atoms with van der Waals surface area (Å²) in [6.45, 7) is 12.3. The average molecular weight is 377 g/mol. The lowest BCUT2D eigenvalue weighted by Gasteiger charge is -2.21. The van der Waals surface area contributed by atoms with Crippen LogP contribution in [-0.2, 0) is 11.2 Å². The first kappa shape index (κ1) is 23.6. The van der Waals surface area contributed by atoms with E-state index in [0.29, 0.717) is 0 Å².